The van der Waals surface area contributed by atoms with Crippen molar-refractivity contribution in [1.29, 1.82) is 0 Å². The Hall–Kier alpha value is -1.87. The molecule has 1 aromatic carbocycles. The molecule has 0 saturated heterocycles. The first kappa shape index (κ1) is 16.5. The van der Waals surface area contributed by atoms with Crippen molar-refractivity contribution >= 4 is 12.0 Å². The van der Waals surface area contributed by atoms with E-state index in [2.05, 4.69) is 13.0 Å². The van der Waals surface area contributed by atoms with Gasteiger partial charge in [0.1, 0.15) is 6.61 Å². The molecule has 0 aromatic heterocycles. The first-order chi connectivity index (χ1) is 10.5. The molecule has 1 aliphatic carbocycles. The average Bonchev–Trinajstić information content (AvgIpc) is 2.52. The zero-order chi connectivity index (χ0) is 16.0. The van der Waals surface area contributed by atoms with Crippen molar-refractivity contribution in [3.8, 4) is 0 Å². The third-order valence-corrected chi connectivity index (χ3v) is 4.24. The lowest BCUT2D eigenvalue weighted by Crippen LogP contribution is -2.40. The monoisotopic (exact) mass is 300 g/mol. The van der Waals surface area contributed by atoms with Gasteiger partial charge in [-0.2, -0.15) is 0 Å². The van der Waals surface area contributed by atoms with Crippen LogP contribution in [0.3, 0.4) is 0 Å². The zero-order valence-corrected chi connectivity index (χ0v) is 13.3. The number of esters is 1. The summed E-state index contributed by atoms with van der Waals surface area (Å²) in [4.78, 5) is 11.8. The predicted molar refractivity (Wildman–Crippen MR) is 88.2 cm³/mol. The molecular formula is C19H24O3. The maximum Gasteiger partial charge on any atom is 0.330 e. The summed E-state index contributed by atoms with van der Waals surface area (Å²) in [6, 6.07) is 9.57. The van der Waals surface area contributed by atoms with Crippen LogP contribution in [0.25, 0.3) is 6.08 Å². The lowest BCUT2D eigenvalue weighted by molar-refractivity contribution is -0.148. The summed E-state index contributed by atoms with van der Waals surface area (Å²) in [6.07, 6.45) is 8.06. The third kappa shape index (κ3) is 4.85. The number of carbonyl (C=O) groups is 1. The van der Waals surface area contributed by atoms with Crippen LogP contribution in [0.15, 0.2) is 48.1 Å². The Morgan fingerprint density at radius 3 is 2.77 bits per heavy atom. The molecule has 2 atom stereocenters. The van der Waals surface area contributed by atoms with Crippen LogP contribution in [0, 0.1) is 5.92 Å². The van der Waals surface area contributed by atoms with Crippen molar-refractivity contribution < 1.29 is 14.6 Å². The molecule has 1 aromatic rings. The molecule has 0 bridgehead atoms. The number of ether oxygens (including phenoxy) is 1. The largest absolute Gasteiger partial charge is 0.459 e. The van der Waals surface area contributed by atoms with Gasteiger partial charge in [-0.25, -0.2) is 4.79 Å². The summed E-state index contributed by atoms with van der Waals surface area (Å²) in [5.41, 5.74) is 1.34. The van der Waals surface area contributed by atoms with Gasteiger partial charge in [0.2, 0.25) is 0 Å². The van der Waals surface area contributed by atoms with Crippen LogP contribution in [0.1, 0.15) is 38.7 Å². The lowest BCUT2D eigenvalue weighted by atomic mass is 9.79. The first-order valence-corrected chi connectivity index (χ1v) is 7.75. The molecular weight excluding hydrogens is 276 g/mol. The van der Waals surface area contributed by atoms with Crippen molar-refractivity contribution in [3.05, 3.63) is 53.6 Å². The van der Waals surface area contributed by atoms with Crippen LogP contribution < -0.4 is 0 Å². The number of hydrogen-bond donors (Lipinski definition) is 1. The van der Waals surface area contributed by atoms with E-state index < -0.39 is 11.6 Å². The number of carbonyl (C=O) groups excluding carboxylic acids is 1. The third-order valence-electron chi connectivity index (χ3n) is 4.24. The second-order valence-electron chi connectivity index (χ2n) is 6.23. The highest BCUT2D eigenvalue weighted by Crippen LogP contribution is 2.32. The Morgan fingerprint density at radius 1 is 1.41 bits per heavy atom. The maximum absolute atomic E-state index is 11.8. The van der Waals surface area contributed by atoms with Crippen molar-refractivity contribution in [2.24, 2.45) is 5.92 Å². The molecule has 118 valence electrons. The number of allylic oxidation sites excluding steroid dienone is 2. The van der Waals surface area contributed by atoms with E-state index >= 15 is 0 Å². The lowest BCUT2D eigenvalue weighted by Gasteiger charge is -2.34. The number of benzene rings is 1. The van der Waals surface area contributed by atoms with Gasteiger partial charge in [0.15, 0.2) is 0 Å². The quantitative estimate of drug-likeness (QED) is 0.512. The minimum Gasteiger partial charge on any atom is -0.459 e. The molecule has 1 N–H and O–H groups in total. The van der Waals surface area contributed by atoms with Crippen molar-refractivity contribution in [2.75, 3.05) is 6.61 Å². The molecule has 0 aliphatic heterocycles. The topological polar surface area (TPSA) is 46.5 Å². The summed E-state index contributed by atoms with van der Waals surface area (Å²) in [7, 11) is 0. The van der Waals surface area contributed by atoms with Crippen molar-refractivity contribution in [3.63, 3.8) is 0 Å². The van der Waals surface area contributed by atoms with Gasteiger partial charge in [-0.05, 0) is 50.7 Å². The second-order valence-corrected chi connectivity index (χ2v) is 6.23. The maximum atomic E-state index is 11.8. The molecule has 1 aliphatic rings. The Bertz CT molecular complexity index is 555. The number of hydrogen-bond acceptors (Lipinski definition) is 3. The molecule has 0 unspecified atom stereocenters. The zero-order valence-electron chi connectivity index (χ0n) is 13.3. The van der Waals surface area contributed by atoms with E-state index in [1.54, 1.807) is 13.0 Å². The van der Waals surface area contributed by atoms with Crippen LogP contribution in [0.4, 0.5) is 0 Å². The van der Waals surface area contributed by atoms with Gasteiger partial charge in [0.05, 0.1) is 5.60 Å². The number of rotatable bonds is 5. The van der Waals surface area contributed by atoms with E-state index in [0.717, 1.165) is 24.8 Å². The summed E-state index contributed by atoms with van der Waals surface area (Å²) in [5, 5.41) is 10.5. The highest BCUT2D eigenvalue weighted by molar-refractivity contribution is 5.87. The average molecular weight is 300 g/mol. The molecule has 3 nitrogen and oxygen atoms in total. The predicted octanol–water partition coefficient (Wildman–Crippen LogP) is 3.74. The van der Waals surface area contributed by atoms with Gasteiger partial charge in [0.25, 0.3) is 0 Å². The molecule has 0 fully saturated rings. The van der Waals surface area contributed by atoms with E-state index in [0.29, 0.717) is 0 Å². The van der Waals surface area contributed by atoms with Gasteiger partial charge in [-0.1, -0.05) is 42.0 Å². The van der Waals surface area contributed by atoms with E-state index in [1.165, 1.54) is 11.6 Å². The smallest absolute Gasteiger partial charge is 0.330 e. The summed E-state index contributed by atoms with van der Waals surface area (Å²) in [5.74, 6) is -0.284. The van der Waals surface area contributed by atoms with Crippen molar-refractivity contribution in [1.82, 2.24) is 0 Å². The van der Waals surface area contributed by atoms with Gasteiger partial charge >= 0.3 is 5.97 Å². The van der Waals surface area contributed by atoms with Gasteiger partial charge in [0, 0.05) is 6.08 Å². The molecule has 2 rings (SSSR count). The van der Waals surface area contributed by atoms with E-state index in [9.17, 15) is 9.90 Å². The summed E-state index contributed by atoms with van der Waals surface area (Å²) < 4.78 is 5.21. The fourth-order valence-corrected chi connectivity index (χ4v) is 2.64. The Balaban J connectivity index is 1.83. The highest BCUT2D eigenvalue weighted by Gasteiger charge is 2.33. The normalized spacial score (nSPS) is 21.2. The molecule has 22 heavy (non-hydrogen) atoms. The van der Waals surface area contributed by atoms with E-state index in [-0.39, 0.29) is 12.5 Å². The minimum atomic E-state index is -0.979. The Morgan fingerprint density at radius 2 is 2.14 bits per heavy atom. The highest BCUT2D eigenvalue weighted by atomic mass is 16.5. The van der Waals surface area contributed by atoms with E-state index in [1.807, 2.05) is 30.3 Å². The molecule has 0 heterocycles. The second kappa shape index (κ2) is 7.41. The van der Waals surface area contributed by atoms with E-state index in [4.69, 9.17) is 4.74 Å². The fourth-order valence-electron chi connectivity index (χ4n) is 2.64. The van der Waals surface area contributed by atoms with Crippen LogP contribution in [0.5, 0.6) is 0 Å². The van der Waals surface area contributed by atoms with Crippen molar-refractivity contribution in [2.45, 2.75) is 38.7 Å². The van der Waals surface area contributed by atoms with Crippen LogP contribution in [-0.2, 0) is 9.53 Å². The molecule has 3 heteroatoms. The number of aliphatic hydroxyl groups is 1. The first-order valence-electron chi connectivity index (χ1n) is 7.75. The molecule has 0 spiro atoms. The van der Waals surface area contributed by atoms with Gasteiger partial charge < -0.3 is 9.84 Å². The SMILES string of the molecule is CC1=CC[C@H]([C@@](C)(O)COC(=O)C=Cc2ccccc2)CC1. The van der Waals surface area contributed by atoms with Gasteiger partial charge in [-0.3, -0.25) is 0 Å². The fraction of sp³-hybridized carbons (Fsp3) is 0.421. The van der Waals surface area contributed by atoms with Crippen LogP contribution in [0.2, 0.25) is 0 Å². The standard InChI is InChI=1S/C19H24O3/c1-15-8-11-17(12-9-15)19(2,21)14-22-18(20)13-10-16-6-4-3-5-7-16/h3-8,10,13,17,21H,9,11-12,14H2,1-2H3/t17-,19-/m0/s1. The molecule has 0 amide bonds. The molecule has 0 radical (unpaired) electrons. The summed E-state index contributed by atoms with van der Waals surface area (Å²) in [6.45, 7) is 3.89. The summed E-state index contributed by atoms with van der Waals surface area (Å²) >= 11 is 0. The van der Waals surface area contributed by atoms with Crippen LogP contribution in [-0.4, -0.2) is 23.3 Å². The Kier molecular flexibility index (Phi) is 5.56. The van der Waals surface area contributed by atoms with Crippen LogP contribution >= 0.6 is 0 Å². The minimum absolute atomic E-state index is 0.0303. The van der Waals surface area contributed by atoms with Gasteiger partial charge in [-0.15, -0.1) is 0 Å². The Labute approximate surface area is 132 Å². The molecule has 0 saturated carbocycles.